The van der Waals surface area contributed by atoms with Crippen molar-refractivity contribution in [3.63, 3.8) is 0 Å². The smallest absolute Gasteiger partial charge is 0.225 e. The normalized spacial score (nSPS) is 10.8. The lowest BCUT2D eigenvalue weighted by atomic mass is 10.3. The standard InChI is InChI=1S/C18H19N3O2S2/c1-3-23-15-7-5-4-6-14(15)21-16(22)8-9-24-17-13-10-12(2)25-18(13)20-11-19-17/h4-7,10-11H,3,8-9H2,1-2H3,(H,21,22). The van der Waals surface area contributed by atoms with Crippen molar-refractivity contribution in [2.24, 2.45) is 0 Å². The Balaban J connectivity index is 1.58. The highest BCUT2D eigenvalue weighted by Crippen LogP contribution is 2.30. The first-order valence-corrected chi connectivity index (χ1v) is 9.83. The number of hydrogen-bond acceptors (Lipinski definition) is 6. The number of carbonyl (C=O) groups excluding carboxylic acids is 1. The van der Waals surface area contributed by atoms with Crippen molar-refractivity contribution in [2.45, 2.75) is 25.3 Å². The van der Waals surface area contributed by atoms with E-state index in [1.807, 2.05) is 31.2 Å². The number of carbonyl (C=O) groups is 1. The molecule has 3 rings (SSSR count). The number of para-hydroxylation sites is 2. The van der Waals surface area contributed by atoms with Crippen molar-refractivity contribution in [2.75, 3.05) is 17.7 Å². The molecular weight excluding hydrogens is 354 g/mol. The van der Waals surface area contributed by atoms with Gasteiger partial charge >= 0.3 is 0 Å². The predicted molar refractivity (Wildman–Crippen MR) is 104 cm³/mol. The molecule has 0 aliphatic carbocycles. The van der Waals surface area contributed by atoms with Crippen molar-refractivity contribution in [3.8, 4) is 5.75 Å². The van der Waals surface area contributed by atoms with Crippen LogP contribution in [0.5, 0.6) is 5.75 Å². The van der Waals surface area contributed by atoms with Crippen LogP contribution in [0, 0.1) is 6.92 Å². The summed E-state index contributed by atoms with van der Waals surface area (Å²) in [6, 6.07) is 9.56. The zero-order valence-corrected chi connectivity index (χ0v) is 15.7. The van der Waals surface area contributed by atoms with Crippen LogP contribution < -0.4 is 10.1 Å². The van der Waals surface area contributed by atoms with Crippen LogP contribution in [0.4, 0.5) is 5.69 Å². The third-order valence-electron chi connectivity index (χ3n) is 3.44. The first-order chi connectivity index (χ1) is 12.2. The van der Waals surface area contributed by atoms with Crippen LogP contribution in [-0.4, -0.2) is 28.2 Å². The van der Waals surface area contributed by atoms with Crippen molar-refractivity contribution < 1.29 is 9.53 Å². The zero-order chi connectivity index (χ0) is 17.6. The SMILES string of the molecule is CCOc1ccccc1NC(=O)CCSc1ncnc2sc(C)cc12. The molecule has 2 aromatic heterocycles. The summed E-state index contributed by atoms with van der Waals surface area (Å²) in [7, 11) is 0. The molecule has 0 saturated heterocycles. The van der Waals surface area contributed by atoms with Gasteiger partial charge in [0.25, 0.3) is 0 Å². The molecule has 1 N–H and O–H groups in total. The van der Waals surface area contributed by atoms with Crippen molar-refractivity contribution in [1.82, 2.24) is 9.97 Å². The molecule has 0 unspecified atom stereocenters. The Morgan fingerprint density at radius 1 is 1.32 bits per heavy atom. The number of thioether (sulfide) groups is 1. The lowest BCUT2D eigenvalue weighted by molar-refractivity contribution is -0.115. The van der Waals surface area contributed by atoms with Gasteiger partial charge in [-0.2, -0.15) is 0 Å². The van der Waals surface area contributed by atoms with E-state index in [2.05, 4.69) is 28.3 Å². The van der Waals surface area contributed by atoms with E-state index in [4.69, 9.17) is 4.74 Å². The summed E-state index contributed by atoms with van der Waals surface area (Å²) in [6.45, 7) is 4.54. The van der Waals surface area contributed by atoms with Gasteiger partial charge in [-0.15, -0.1) is 23.1 Å². The number of rotatable bonds is 7. The van der Waals surface area contributed by atoms with Crippen LogP contribution in [0.1, 0.15) is 18.2 Å². The van der Waals surface area contributed by atoms with Gasteiger partial charge in [-0.05, 0) is 32.0 Å². The third-order valence-corrected chi connectivity index (χ3v) is 5.41. The summed E-state index contributed by atoms with van der Waals surface area (Å²) >= 11 is 3.24. The van der Waals surface area contributed by atoms with Crippen molar-refractivity contribution in [3.05, 3.63) is 41.5 Å². The highest BCUT2D eigenvalue weighted by atomic mass is 32.2. The Morgan fingerprint density at radius 2 is 2.16 bits per heavy atom. The van der Waals surface area contributed by atoms with Gasteiger partial charge in [0.2, 0.25) is 5.91 Å². The molecule has 3 aromatic rings. The number of thiophene rings is 1. The second-order valence-electron chi connectivity index (χ2n) is 5.33. The lowest BCUT2D eigenvalue weighted by Crippen LogP contribution is -2.13. The number of ether oxygens (including phenoxy) is 1. The monoisotopic (exact) mass is 373 g/mol. The molecule has 2 heterocycles. The van der Waals surface area contributed by atoms with E-state index in [-0.39, 0.29) is 5.91 Å². The molecule has 0 radical (unpaired) electrons. The Bertz CT molecular complexity index is 880. The fourth-order valence-electron chi connectivity index (χ4n) is 2.37. The Labute approximate surface area is 154 Å². The van der Waals surface area contributed by atoms with Crippen LogP contribution in [0.3, 0.4) is 0 Å². The predicted octanol–water partition coefficient (Wildman–Crippen LogP) is 4.52. The summed E-state index contributed by atoms with van der Waals surface area (Å²) in [5, 5.41) is 4.91. The summed E-state index contributed by atoms with van der Waals surface area (Å²) in [5.74, 6) is 1.31. The van der Waals surface area contributed by atoms with Crippen LogP contribution in [0.15, 0.2) is 41.7 Å². The molecule has 0 aliphatic heterocycles. The van der Waals surface area contributed by atoms with Crippen molar-refractivity contribution in [1.29, 1.82) is 0 Å². The number of nitrogens with one attached hydrogen (secondary N) is 1. The minimum Gasteiger partial charge on any atom is -0.492 e. The largest absolute Gasteiger partial charge is 0.492 e. The highest BCUT2D eigenvalue weighted by Gasteiger charge is 2.10. The van der Waals surface area contributed by atoms with E-state index < -0.39 is 0 Å². The van der Waals surface area contributed by atoms with E-state index in [0.717, 1.165) is 15.2 Å². The third kappa shape index (κ3) is 4.49. The van der Waals surface area contributed by atoms with Gasteiger partial charge < -0.3 is 10.1 Å². The van der Waals surface area contributed by atoms with Crippen LogP contribution in [0.25, 0.3) is 10.2 Å². The molecule has 0 fully saturated rings. The summed E-state index contributed by atoms with van der Waals surface area (Å²) in [6.07, 6.45) is 1.98. The molecule has 0 spiro atoms. The molecule has 0 bridgehead atoms. The van der Waals surface area contributed by atoms with Gasteiger partial charge in [-0.25, -0.2) is 9.97 Å². The topological polar surface area (TPSA) is 64.1 Å². The summed E-state index contributed by atoms with van der Waals surface area (Å²) < 4.78 is 5.53. The summed E-state index contributed by atoms with van der Waals surface area (Å²) in [4.78, 5) is 23.1. The quantitative estimate of drug-likeness (QED) is 0.487. The maximum absolute atomic E-state index is 12.2. The van der Waals surface area contributed by atoms with E-state index in [1.165, 1.54) is 4.88 Å². The lowest BCUT2D eigenvalue weighted by Gasteiger charge is -2.11. The number of fused-ring (bicyclic) bond motifs is 1. The fraction of sp³-hybridized carbons (Fsp3) is 0.278. The maximum atomic E-state index is 12.2. The van der Waals surface area contributed by atoms with Crippen LogP contribution in [0.2, 0.25) is 0 Å². The molecular formula is C18H19N3O2S2. The van der Waals surface area contributed by atoms with Crippen molar-refractivity contribution >= 4 is 44.9 Å². The first kappa shape index (κ1) is 17.7. The molecule has 130 valence electrons. The van der Waals surface area contributed by atoms with E-state index in [0.29, 0.717) is 30.2 Å². The minimum atomic E-state index is -0.0357. The molecule has 0 aliphatic rings. The number of nitrogens with zero attached hydrogens (tertiary/aromatic N) is 2. The minimum absolute atomic E-state index is 0.0357. The number of aryl methyl sites for hydroxylation is 1. The molecule has 1 amide bonds. The molecule has 25 heavy (non-hydrogen) atoms. The van der Waals surface area contributed by atoms with Gasteiger partial charge in [-0.1, -0.05) is 12.1 Å². The van der Waals surface area contributed by atoms with E-state index in [1.54, 1.807) is 29.4 Å². The zero-order valence-electron chi connectivity index (χ0n) is 14.1. The van der Waals surface area contributed by atoms with Gasteiger partial charge in [0.1, 0.15) is 21.9 Å². The second-order valence-corrected chi connectivity index (χ2v) is 7.65. The number of hydrogen-bond donors (Lipinski definition) is 1. The maximum Gasteiger partial charge on any atom is 0.225 e. The average molecular weight is 374 g/mol. The number of aromatic nitrogens is 2. The van der Waals surface area contributed by atoms with Gasteiger partial charge in [0.05, 0.1) is 12.3 Å². The molecule has 0 saturated carbocycles. The van der Waals surface area contributed by atoms with Gasteiger partial charge in [-0.3, -0.25) is 4.79 Å². The number of amides is 1. The van der Waals surface area contributed by atoms with Crippen LogP contribution >= 0.6 is 23.1 Å². The van der Waals surface area contributed by atoms with E-state index in [9.17, 15) is 4.79 Å². The Morgan fingerprint density at radius 3 is 3.00 bits per heavy atom. The second kappa shape index (κ2) is 8.31. The Hall–Kier alpha value is -2.12. The van der Waals surface area contributed by atoms with E-state index >= 15 is 0 Å². The molecule has 0 atom stereocenters. The molecule has 5 nitrogen and oxygen atoms in total. The average Bonchev–Trinajstić information content (AvgIpc) is 2.98. The molecule has 1 aromatic carbocycles. The number of benzene rings is 1. The van der Waals surface area contributed by atoms with Crippen LogP contribution in [-0.2, 0) is 4.79 Å². The Kier molecular flexibility index (Phi) is 5.88. The van der Waals surface area contributed by atoms with Gasteiger partial charge in [0, 0.05) is 22.4 Å². The molecule has 7 heteroatoms. The van der Waals surface area contributed by atoms with Gasteiger partial charge in [0.15, 0.2) is 0 Å². The highest BCUT2D eigenvalue weighted by molar-refractivity contribution is 7.99. The first-order valence-electron chi connectivity index (χ1n) is 8.03. The summed E-state index contributed by atoms with van der Waals surface area (Å²) in [5.41, 5.74) is 0.706. The fourth-order valence-corrected chi connectivity index (χ4v) is 4.20. The number of anilines is 1.